The van der Waals surface area contributed by atoms with E-state index < -0.39 is 15.9 Å². The van der Waals surface area contributed by atoms with E-state index in [1.807, 2.05) is 43.3 Å². The number of para-hydroxylation sites is 1. The van der Waals surface area contributed by atoms with Crippen molar-refractivity contribution in [2.75, 3.05) is 10.0 Å². The standard InChI is InChI=1S/C28H24ClN3O4S/c1-19-8-7-11-22(16-19)32-37(35,36)26-17-21(14-15-24(26)29)27(33)31-25-13-6-5-12-23(25)28(34)30-18-20-9-3-2-4-10-20/h2-17,32H,18H2,1H3,(H,30,34)(H,31,33). The average Bonchev–Trinajstić information content (AvgIpc) is 2.88. The molecule has 0 aromatic heterocycles. The van der Waals surface area contributed by atoms with Gasteiger partial charge in [-0.15, -0.1) is 0 Å². The lowest BCUT2D eigenvalue weighted by molar-refractivity contribution is 0.0951. The summed E-state index contributed by atoms with van der Waals surface area (Å²) in [6, 6.07) is 26.9. The zero-order valence-electron chi connectivity index (χ0n) is 19.9. The number of anilines is 2. The first-order valence-electron chi connectivity index (χ1n) is 11.3. The second-order valence-corrected chi connectivity index (χ2v) is 10.3. The number of aryl methyl sites for hydroxylation is 1. The third kappa shape index (κ3) is 6.55. The molecule has 0 heterocycles. The van der Waals surface area contributed by atoms with E-state index in [1.54, 1.807) is 42.5 Å². The SMILES string of the molecule is Cc1cccc(NS(=O)(=O)c2cc(C(=O)Nc3ccccc3C(=O)NCc3ccccc3)ccc2Cl)c1. The van der Waals surface area contributed by atoms with E-state index in [0.717, 1.165) is 11.1 Å². The van der Waals surface area contributed by atoms with Gasteiger partial charge in [-0.2, -0.15) is 0 Å². The number of benzene rings is 4. The molecule has 3 N–H and O–H groups in total. The van der Waals surface area contributed by atoms with Gasteiger partial charge in [0.1, 0.15) is 4.90 Å². The number of carbonyl (C=O) groups excluding carboxylic acids is 2. The molecular weight excluding hydrogens is 510 g/mol. The Balaban J connectivity index is 1.53. The molecule has 4 aromatic carbocycles. The highest BCUT2D eigenvalue weighted by Gasteiger charge is 2.21. The molecule has 0 aliphatic carbocycles. The third-order valence-corrected chi connectivity index (χ3v) is 7.33. The molecule has 0 saturated carbocycles. The second kappa shape index (κ2) is 11.3. The fraction of sp³-hybridized carbons (Fsp3) is 0.0714. The third-order valence-electron chi connectivity index (χ3n) is 5.47. The summed E-state index contributed by atoms with van der Waals surface area (Å²) in [5, 5.41) is 5.51. The molecule has 4 aromatic rings. The summed E-state index contributed by atoms with van der Waals surface area (Å²) in [5.41, 5.74) is 2.82. The molecule has 37 heavy (non-hydrogen) atoms. The van der Waals surface area contributed by atoms with Crippen LogP contribution in [0.5, 0.6) is 0 Å². The van der Waals surface area contributed by atoms with Gasteiger partial charge < -0.3 is 10.6 Å². The number of carbonyl (C=O) groups is 2. The molecule has 0 atom stereocenters. The number of amides is 2. The summed E-state index contributed by atoms with van der Waals surface area (Å²) >= 11 is 6.19. The van der Waals surface area contributed by atoms with Gasteiger partial charge in [0.05, 0.1) is 16.3 Å². The van der Waals surface area contributed by atoms with Crippen LogP contribution in [0.25, 0.3) is 0 Å². The Hall–Kier alpha value is -4.14. The molecule has 0 bridgehead atoms. The van der Waals surface area contributed by atoms with Crippen molar-refractivity contribution in [1.29, 1.82) is 0 Å². The quantitative estimate of drug-likeness (QED) is 0.273. The van der Waals surface area contributed by atoms with E-state index in [4.69, 9.17) is 11.6 Å². The summed E-state index contributed by atoms with van der Waals surface area (Å²) < 4.78 is 28.5. The normalized spacial score (nSPS) is 11.0. The van der Waals surface area contributed by atoms with Crippen LogP contribution in [0.4, 0.5) is 11.4 Å². The topological polar surface area (TPSA) is 104 Å². The lowest BCUT2D eigenvalue weighted by atomic mass is 10.1. The highest BCUT2D eigenvalue weighted by Crippen LogP contribution is 2.26. The minimum Gasteiger partial charge on any atom is -0.348 e. The molecular formula is C28H24ClN3O4S. The maximum Gasteiger partial charge on any atom is 0.263 e. The van der Waals surface area contributed by atoms with Crippen molar-refractivity contribution >= 4 is 44.8 Å². The van der Waals surface area contributed by atoms with Crippen LogP contribution in [0.3, 0.4) is 0 Å². The predicted molar refractivity (Wildman–Crippen MR) is 145 cm³/mol. The number of hydrogen-bond acceptors (Lipinski definition) is 4. The van der Waals surface area contributed by atoms with Crippen LogP contribution in [0.15, 0.2) is 102 Å². The Morgan fingerprint density at radius 1 is 0.811 bits per heavy atom. The molecule has 0 radical (unpaired) electrons. The monoisotopic (exact) mass is 533 g/mol. The van der Waals surface area contributed by atoms with Crippen molar-refractivity contribution in [3.8, 4) is 0 Å². The van der Waals surface area contributed by atoms with Gasteiger partial charge in [-0.25, -0.2) is 8.42 Å². The summed E-state index contributed by atoms with van der Waals surface area (Å²) in [6.45, 7) is 2.17. The van der Waals surface area contributed by atoms with Crippen LogP contribution in [0.1, 0.15) is 31.8 Å². The van der Waals surface area contributed by atoms with E-state index in [-0.39, 0.29) is 32.6 Å². The maximum atomic E-state index is 13.1. The van der Waals surface area contributed by atoms with Crippen molar-refractivity contribution in [2.24, 2.45) is 0 Å². The van der Waals surface area contributed by atoms with Gasteiger partial charge in [0, 0.05) is 17.8 Å². The highest BCUT2D eigenvalue weighted by molar-refractivity contribution is 7.92. The van der Waals surface area contributed by atoms with Crippen molar-refractivity contribution in [2.45, 2.75) is 18.4 Å². The van der Waals surface area contributed by atoms with Crippen molar-refractivity contribution in [3.05, 3.63) is 124 Å². The molecule has 0 saturated heterocycles. The van der Waals surface area contributed by atoms with Crippen LogP contribution in [-0.4, -0.2) is 20.2 Å². The first kappa shape index (κ1) is 25.9. The van der Waals surface area contributed by atoms with Crippen molar-refractivity contribution in [3.63, 3.8) is 0 Å². The number of halogens is 1. The summed E-state index contributed by atoms with van der Waals surface area (Å²) in [6.07, 6.45) is 0. The minimum atomic E-state index is -4.07. The van der Waals surface area contributed by atoms with Gasteiger partial charge in [-0.1, -0.05) is 66.2 Å². The molecule has 0 spiro atoms. The molecule has 0 fully saturated rings. The fourth-order valence-electron chi connectivity index (χ4n) is 3.63. The zero-order chi connectivity index (χ0) is 26.4. The van der Waals surface area contributed by atoms with Crippen LogP contribution < -0.4 is 15.4 Å². The molecule has 9 heteroatoms. The fourth-order valence-corrected chi connectivity index (χ4v) is 5.20. The Bertz CT molecular complexity index is 1560. The first-order valence-corrected chi connectivity index (χ1v) is 13.2. The van der Waals surface area contributed by atoms with Crippen molar-refractivity contribution < 1.29 is 18.0 Å². The lowest BCUT2D eigenvalue weighted by Crippen LogP contribution is -2.25. The van der Waals surface area contributed by atoms with Gasteiger partial charge >= 0.3 is 0 Å². The second-order valence-electron chi connectivity index (χ2n) is 8.29. The summed E-state index contributed by atoms with van der Waals surface area (Å²) in [5.74, 6) is -0.950. The van der Waals surface area contributed by atoms with Gasteiger partial charge in [-0.3, -0.25) is 14.3 Å². The number of nitrogens with one attached hydrogen (secondary N) is 3. The van der Waals surface area contributed by atoms with Gasteiger partial charge in [0.25, 0.3) is 21.8 Å². The van der Waals surface area contributed by atoms with Gasteiger partial charge in [-0.05, 0) is 60.5 Å². The van der Waals surface area contributed by atoms with Crippen LogP contribution >= 0.6 is 11.6 Å². The minimum absolute atomic E-state index is 0.0302. The molecule has 7 nitrogen and oxygen atoms in total. The van der Waals surface area contributed by atoms with E-state index in [9.17, 15) is 18.0 Å². The molecule has 188 valence electrons. The van der Waals surface area contributed by atoms with E-state index >= 15 is 0 Å². The van der Waals surface area contributed by atoms with E-state index in [2.05, 4.69) is 15.4 Å². The number of sulfonamides is 1. The van der Waals surface area contributed by atoms with Crippen LogP contribution in [0, 0.1) is 6.92 Å². The largest absolute Gasteiger partial charge is 0.348 e. The summed E-state index contributed by atoms with van der Waals surface area (Å²) in [7, 11) is -4.07. The van der Waals surface area contributed by atoms with Gasteiger partial charge in [0.15, 0.2) is 0 Å². The van der Waals surface area contributed by atoms with Crippen LogP contribution in [0.2, 0.25) is 5.02 Å². The molecule has 0 aliphatic heterocycles. The molecule has 0 unspecified atom stereocenters. The number of hydrogen-bond donors (Lipinski definition) is 3. The Labute approximate surface area is 220 Å². The Kier molecular flexibility index (Phi) is 7.91. The maximum absolute atomic E-state index is 13.1. The zero-order valence-corrected chi connectivity index (χ0v) is 21.4. The van der Waals surface area contributed by atoms with E-state index in [0.29, 0.717) is 12.2 Å². The predicted octanol–water partition coefficient (Wildman–Crippen LogP) is 5.63. The smallest absolute Gasteiger partial charge is 0.263 e. The number of rotatable bonds is 8. The Morgan fingerprint density at radius 3 is 2.30 bits per heavy atom. The molecule has 2 amide bonds. The van der Waals surface area contributed by atoms with Gasteiger partial charge in [0.2, 0.25) is 0 Å². The highest BCUT2D eigenvalue weighted by atomic mass is 35.5. The van der Waals surface area contributed by atoms with Crippen LogP contribution in [-0.2, 0) is 16.6 Å². The first-order chi connectivity index (χ1) is 17.7. The summed E-state index contributed by atoms with van der Waals surface area (Å²) in [4.78, 5) is 25.6. The molecule has 4 rings (SSSR count). The van der Waals surface area contributed by atoms with Crippen molar-refractivity contribution in [1.82, 2.24) is 5.32 Å². The van der Waals surface area contributed by atoms with E-state index in [1.165, 1.54) is 18.2 Å². The average molecular weight is 534 g/mol. The molecule has 0 aliphatic rings. The lowest BCUT2D eigenvalue weighted by Gasteiger charge is -2.13. The Morgan fingerprint density at radius 2 is 1.54 bits per heavy atom.